The maximum absolute atomic E-state index is 12.7. The number of hydrogen-bond donors (Lipinski definition) is 2. The molecule has 154 valence electrons. The molecule has 0 atom stereocenters. The van der Waals surface area contributed by atoms with E-state index in [0.29, 0.717) is 5.78 Å². The normalized spacial score (nSPS) is 15.1. The third-order valence-corrected chi connectivity index (χ3v) is 6.23. The first-order valence-electron chi connectivity index (χ1n) is 9.93. The number of anilines is 1. The Morgan fingerprint density at radius 2 is 2.07 bits per heavy atom. The Morgan fingerprint density at radius 1 is 1.23 bits per heavy atom. The molecule has 4 aromatic heterocycles. The molecule has 1 amide bonds. The molecule has 1 aliphatic rings. The van der Waals surface area contributed by atoms with E-state index in [2.05, 4.69) is 53.0 Å². The molecule has 5 heterocycles. The van der Waals surface area contributed by atoms with Gasteiger partial charge in [0.2, 0.25) is 5.82 Å². The first kappa shape index (κ1) is 18.7. The molecule has 9 nitrogen and oxygen atoms in total. The summed E-state index contributed by atoms with van der Waals surface area (Å²) >= 11 is 1.69. The average molecular weight is 423 g/mol. The molecule has 0 aliphatic carbocycles. The van der Waals surface area contributed by atoms with Crippen molar-refractivity contribution in [1.29, 1.82) is 0 Å². The Bertz CT molecular complexity index is 1190. The van der Waals surface area contributed by atoms with Gasteiger partial charge in [-0.15, -0.1) is 16.4 Å². The topological polar surface area (TPSA) is 104 Å². The van der Waals surface area contributed by atoms with E-state index in [1.807, 2.05) is 26.0 Å². The number of piperidine rings is 1. The van der Waals surface area contributed by atoms with Gasteiger partial charge in [-0.1, -0.05) is 6.07 Å². The second-order valence-corrected chi connectivity index (χ2v) is 8.49. The molecule has 2 N–H and O–H groups in total. The van der Waals surface area contributed by atoms with Gasteiger partial charge < -0.3 is 10.2 Å². The van der Waals surface area contributed by atoms with Crippen molar-refractivity contribution < 1.29 is 4.79 Å². The zero-order valence-electron chi connectivity index (χ0n) is 16.8. The van der Waals surface area contributed by atoms with Crippen molar-refractivity contribution in [2.75, 3.05) is 18.0 Å². The Morgan fingerprint density at radius 3 is 2.83 bits per heavy atom. The molecule has 1 saturated heterocycles. The number of aromatic nitrogens is 6. The predicted molar refractivity (Wildman–Crippen MR) is 115 cm³/mol. The van der Waals surface area contributed by atoms with E-state index in [4.69, 9.17) is 0 Å². The van der Waals surface area contributed by atoms with Gasteiger partial charge in [0.1, 0.15) is 0 Å². The highest BCUT2D eigenvalue weighted by Gasteiger charge is 2.24. The number of fused-ring (bicyclic) bond motifs is 1. The summed E-state index contributed by atoms with van der Waals surface area (Å²) in [6.07, 6.45) is 1.69. The van der Waals surface area contributed by atoms with Crippen LogP contribution in [0, 0.1) is 13.8 Å². The lowest BCUT2D eigenvalue weighted by Crippen LogP contribution is -2.45. The smallest absolute Gasteiger partial charge is 0.291 e. The molecule has 30 heavy (non-hydrogen) atoms. The van der Waals surface area contributed by atoms with Crippen molar-refractivity contribution in [2.24, 2.45) is 0 Å². The van der Waals surface area contributed by atoms with Crippen molar-refractivity contribution in [2.45, 2.75) is 32.7 Å². The molecule has 1 aliphatic heterocycles. The lowest BCUT2D eigenvalue weighted by molar-refractivity contribution is 0.0920. The zero-order valence-corrected chi connectivity index (χ0v) is 17.6. The van der Waals surface area contributed by atoms with E-state index in [-0.39, 0.29) is 17.8 Å². The van der Waals surface area contributed by atoms with Crippen molar-refractivity contribution in [1.82, 2.24) is 35.1 Å². The Hall–Kier alpha value is -3.27. The van der Waals surface area contributed by atoms with Gasteiger partial charge in [-0.2, -0.15) is 10.1 Å². The van der Waals surface area contributed by atoms with Gasteiger partial charge in [-0.05, 0) is 44.2 Å². The van der Waals surface area contributed by atoms with Gasteiger partial charge in [0.25, 0.3) is 11.7 Å². The highest BCUT2D eigenvalue weighted by atomic mass is 32.1. The standard InChI is InChI=1S/C20H22N8OS/c1-12-10-13(2)28-20(21-12)23-18(26-28)19(29)22-14-5-7-27(8-6-14)17-11-15(24-25-17)16-4-3-9-30-16/h3-4,9-11,14H,5-8H2,1-2H3,(H,22,29)(H,24,25). The molecule has 0 bridgehead atoms. The zero-order chi connectivity index (χ0) is 20.7. The SMILES string of the molecule is Cc1cc(C)n2nc(C(=O)NC3CCN(c4cc(-c5cccs5)[nH]n4)CC3)nc2n1. The van der Waals surface area contributed by atoms with Crippen LogP contribution in [-0.4, -0.2) is 54.8 Å². The number of nitrogens with zero attached hydrogens (tertiary/aromatic N) is 6. The summed E-state index contributed by atoms with van der Waals surface area (Å²) in [6.45, 7) is 5.49. The Balaban J connectivity index is 1.21. The summed E-state index contributed by atoms with van der Waals surface area (Å²) in [5.41, 5.74) is 2.79. The number of H-pyrrole nitrogens is 1. The summed E-state index contributed by atoms with van der Waals surface area (Å²) < 4.78 is 1.60. The summed E-state index contributed by atoms with van der Waals surface area (Å²) in [5.74, 6) is 1.30. The highest BCUT2D eigenvalue weighted by molar-refractivity contribution is 7.13. The molecule has 0 saturated carbocycles. The minimum absolute atomic E-state index is 0.0897. The van der Waals surface area contributed by atoms with Gasteiger partial charge >= 0.3 is 0 Å². The second kappa shape index (κ2) is 7.52. The Kier molecular flexibility index (Phi) is 4.70. The van der Waals surface area contributed by atoms with Gasteiger partial charge in [0, 0.05) is 36.6 Å². The number of rotatable bonds is 4. The molecule has 4 aromatic rings. The number of thiophene rings is 1. The maximum atomic E-state index is 12.7. The summed E-state index contributed by atoms with van der Waals surface area (Å²) in [5, 5.41) is 17.0. The number of nitrogens with one attached hydrogen (secondary N) is 2. The van der Waals surface area contributed by atoms with Crippen LogP contribution >= 0.6 is 11.3 Å². The average Bonchev–Trinajstić information content (AvgIpc) is 3.48. The third kappa shape index (κ3) is 3.54. The predicted octanol–water partition coefficient (Wildman–Crippen LogP) is 2.59. The highest BCUT2D eigenvalue weighted by Crippen LogP contribution is 2.27. The molecule has 0 aromatic carbocycles. The fraction of sp³-hybridized carbons (Fsp3) is 0.350. The van der Waals surface area contributed by atoms with E-state index in [1.54, 1.807) is 15.9 Å². The van der Waals surface area contributed by atoms with E-state index >= 15 is 0 Å². The molecule has 0 spiro atoms. The first-order chi connectivity index (χ1) is 14.6. The fourth-order valence-electron chi connectivity index (χ4n) is 3.80. The lowest BCUT2D eigenvalue weighted by atomic mass is 10.0. The molecule has 5 rings (SSSR count). The molecular formula is C20H22N8OS. The second-order valence-electron chi connectivity index (χ2n) is 7.54. The van der Waals surface area contributed by atoms with Crippen LogP contribution in [0.25, 0.3) is 16.3 Å². The third-order valence-electron chi connectivity index (χ3n) is 5.33. The summed E-state index contributed by atoms with van der Waals surface area (Å²) in [7, 11) is 0. The molecule has 0 unspecified atom stereocenters. The van der Waals surface area contributed by atoms with Crippen molar-refractivity contribution in [3.8, 4) is 10.6 Å². The number of hydrogen-bond acceptors (Lipinski definition) is 7. The van der Waals surface area contributed by atoms with E-state index in [0.717, 1.165) is 48.8 Å². The van der Waals surface area contributed by atoms with Gasteiger partial charge in [-0.25, -0.2) is 9.50 Å². The van der Waals surface area contributed by atoms with Crippen molar-refractivity contribution >= 4 is 28.8 Å². The molecule has 1 fully saturated rings. The molecule has 10 heteroatoms. The number of aryl methyl sites for hydroxylation is 2. The van der Waals surface area contributed by atoms with Crippen LogP contribution in [0.15, 0.2) is 29.6 Å². The lowest BCUT2D eigenvalue weighted by Gasteiger charge is -2.32. The van der Waals surface area contributed by atoms with Crippen LogP contribution in [0.1, 0.15) is 34.8 Å². The van der Waals surface area contributed by atoms with E-state index in [9.17, 15) is 4.79 Å². The van der Waals surface area contributed by atoms with Crippen molar-refractivity contribution in [3.05, 3.63) is 46.9 Å². The minimum Gasteiger partial charge on any atom is -0.355 e. The molecule has 0 radical (unpaired) electrons. The van der Waals surface area contributed by atoms with Crippen LogP contribution in [0.4, 0.5) is 5.82 Å². The minimum atomic E-state index is -0.254. The first-order valence-corrected chi connectivity index (χ1v) is 10.8. The molecular weight excluding hydrogens is 400 g/mol. The van der Waals surface area contributed by atoms with Crippen LogP contribution < -0.4 is 10.2 Å². The quantitative estimate of drug-likeness (QED) is 0.524. The Labute approximate surface area is 177 Å². The van der Waals surface area contributed by atoms with Gasteiger partial charge in [0.05, 0.1) is 10.6 Å². The van der Waals surface area contributed by atoms with Crippen LogP contribution in [0.3, 0.4) is 0 Å². The number of carbonyl (C=O) groups is 1. The van der Waals surface area contributed by atoms with Gasteiger partial charge in [0.15, 0.2) is 5.82 Å². The monoisotopic (exact) mass is 422 g/mol. The number of amides is 1. The largest absolute Gasteiger partial charge is 0.355 e. The van der Waals surface area contributed by atoms with Gasteiger partial charge in [-0.3, -0.25) is 9.89 Å². The van der Waals surface area contributed by atoms with E-state index < -0.39 is 0 Å². The van der Waals surface area contributed by atoms with Crippen LogP contribution in [0.5, 0.6) is 0 Å². The maximum Gasteiger partial charge on any atom is 0.291 e. The number of carbonyl (C=O) groups excluding carboxylic acids is 1. The summed E-state index contributed by atoms with van der Waals surface area (Å²) in [4.78, 5) is 24.7. The van der Waals surface area contributed by atoms with Crippen LogP contribution in [0.2, 0.25) is 0 Å². The summed E-state index contributed by atoms with van der Waals surface area (Å²) in [6, 6.07) is 8.20. The number of aromatic amines is 1. The fourth-order valence-corrected chi connectivity index (χ4v) is 4.49. The van der Waals surface area contributed by atoms with Crippen molar-refractivity contribution in [3.63, 3.8) is 0 Å². The van der Waals surface area contributed by atoms with E-state index in [1.165, 1.54) is 4.88 Å². The van der Waals surface area contributed by atoms with Crippen LogP contribution in [-0.2, 0) is 0 Å².